The van der Waals surface area contributed by atoms with E-state index in [1.807, 2.05) is 0 Å². The molecule has 7 nitrogen and oxygen atoms in total. The largest absolute Gasteiger partial charge is 0.433 e. The summed E-state index contributed by atoms with van der Waals surface area (Å²) in [5.74, 6) is -1.00. The second kappa shape index (κ2) is 9.23. The lowest BCUT2D eigenvalue weighted by Gasteiger charge is -2.33. The Kier molecular flexibility index (Phi) is 6.29. The Morgan fingerprint density at radius 1 is 1.13 bits per heavy atom. The molecule has 3 N–H and O–H groups in total. The summed E-state index contributed by atoms with van der Waals surface area (Å²) in [5, 5.41) is 6.88. The number of nitrogens with zero attached hydrogens (tertiary/aromatic N) is 3. The first kappa shape index (κ1) is 25.9. The average molecular weight is 542 g/mol. The van der Waals surface area contributed by atoms with Crippen LogP contribution in [0, 0.1) is 11.3 Å². The van der Waals surface area contributed by atoms with Gasteiger partial charge in [0.2, 0.25) is 0 Å². The van der Waals surface area contributed by atoms with Gasteiger partial charge in [0, 0.05) is 16.5 Å². The van der Waals surface area contributed by atoms with Gasteiger partial charge in [-0.05, 0) is 42.2 Å². The Balaban J connectivity index is 1.52. The van der Waals surface area contributed by atoms with Crippen molar-refractivity contribution in [3.05, 3.63) is 69.9 Å². The number of carbonyl (C=O) groups is 2. The van der Waals surface area contributed by atoms with E-state index in [4.69, 9.17) is 5.73 Å². The summed E-state index contributed by atoms with van der Waals surface area (Å²) in [7, 11) is 0. The molecular formula is C27H26F3N5O2S. The van der Waals surface area contributed by atoms with Crippen molar-refractivity contribution in [2.75, 3.05) is 5.32 Å². The second-order valence-corrected chi connectivity index (χ2v) is 11.6. The predicted molar refractivity (Wildman–Crippen MR) is 139 cm³/mol. The van der Waals surface area contributed by atoms with E-state index in [9.17, 15) is 22.8 Å². The van der Waals surface area contributed by atoms with Crippen LogP contribution < -0.4 is 11.1 Å². The lowest BCUT2D eigenvalue weighted by Crippen LogP contribution is -2.27. The molecule has 1 aliphatic carbocycles. The van der Waals surface area contributed by atoms with Gasteiger partial charge in [0.1, 0.15) is 5.00 Å². The summed E-state index contributed by atoms with van der Waals surface area (Å²) in [4.78, 5) is 30.8. The van der Waals surface area contributed by atoms with Crippen LogP contribution in [0.5, 0.6) is 0 Å². The number of hydrogen-bond acceptors (Lipinski definition) is 5. The molecule has 1 aromatic carbocycles. The smallest absolute Gasteiger partial charge is 0.365 e. The number of thiophene rings is 1. The number of benzene rings is 1. The number of amides is 2. The third-order valence-electron chi connectivity index (χ3n) is 6.98. The van der Waals surface area contributed by atoms with Gasteiger partial charge in [-0.25, -0.2) is 9.50 Å². The highest BCUT2D eigenvalue weighted by molar-refractivity contribution is 7.17. The molecule has 38 heavy (non-hydrogen) atoms. The number of hydrogen-bond donors (Lipinski definition) is 2. The molecule has 0 saturated carbocycles. The van der Waals surface area contributed by atoms with Gasteiger partial charge in [-0.3, -0.25) is 9.59 Å². The Morgan fingerprint density at radius 3 is 2.47 bits per heavy atom. The fraction of sp³-hybridized carbons (Fsp3) is 0.333. The number of fused-ring (bicyclic) bond motifs is 2. The van der Waals surface area contributed by atoms with Gasteiger partial charge in [-0.2, -0.15) is 18.3 Å². The van der Waals surface area contributed by atoms with Gasteiger partial charge in [-0.15, -0.1) is 11.3 Å². The minimum atomic E-state index is -4.74. The van der Waals surface area contributed by atoms with Crippen molar-refractivity contribution in [3.63, 3.8) is 0 Å². The van der Waals surface area contributed by atoms with Crippen LogP contribution in [-0.2, 0) is 19.0 Å². The predicted octanol–water partition coefficient (Wildman–Crippen LogP) is 5.98. The zero-order valence-corrected chi connectivity index (χ0v) is 21.8. The molecule has 0 saturated heterocycles. The van der Waals surface area contributed by atoms with Gasteiger partial charge in [0.15, 0.2) is 17.0 Å². The van der Waals surface area contributed by atoms with Crippen molar-refractivity contribution in [2.24, 2.45) is 17.1 Å². The molecule has 1 atom stereocenters. The molecule has 2 amide bonds. The SMILES string of the molecule is CC(C)(C)[C@@H]1CCc2c(sc(NC(=O)c3cc4nc(-c5ccccc5)cc(C(F)(F)F)n4n3)c2C(N)=O)C1. The molecule has 3 heterocycles. The molecule has 3 aromatic heterocycles. The first-order valence-corrected chi connectivity index (χ1v) is 12.9. The number of alkyl halides is 3. The second-order valence-electron chi connectivity index (χ2n) is 10.5. The molecule has 0 aliphatic heterocycles. The third kappa shape index (κ3) is 4.78. The maximum Gasteiger partial charge on any atom is 0.433 e. The van der Waals surface area contributed by atoms with Crippen molar-refractivity contribution < 1.29 is 22.8 Å². The minimum absolute atomic E-state index is 0.0797. The van der Waals surface area contributed by atoms with E-state index in [1.165, 1.54) is 17.4 Å². The standard InChI is InChI=1S/C27H26F3N5O2S/c1-26(2,3)15-9-10-16-19(11-15)38-25(22(16)23(31)36)33-24(37)18-13-21-32-17(14-7-5-4-6-8-14)12-20(27(28,29)30)35(21)34-18/h4-8,12-13,15H,9-11H2,1-3H3,(H2,31,36)(H,33,37)/t15-/m1/s1. The van der Waals surface area contributed by atoms with Gasteiger partial charge in [-0.1, -0.05) is 51.1 Å². The number of nitrogens with two attached hydrogens (primary N) is 1. The molecule has 11 heteroatoms. The Labute approximate surface area is 220 Å². The average Bonchev–Trinajstić information content (AvgIpc) is 3.43. The van der Waals surface area contributed by atoms with E-state index in [0.717, 1.165) is 29.3 Å². The lowest BCUT2D eigenvalue weighted by atomic mass is 9.72. The van der Waals surface area contributed by atoms with E-state index < -0.39 is 23.7 Å². The number of nitrogens with one attached hydrogen (secondary N) is 1. The molecular weight excluding hydrogens is 515 g/mol. The monoisotopic (exact) mass is 541 g/mol. The fourth-order valence-electron chi connectivity index (χ4n) is 4.89. The normalized spacial score (nSPS) is 15.9. The maximum atomic E-state index is 13.9. The van der Waals surface area contributed by atoms with Crippen molar-refractivity contribution in [1.82, 2.24) is 14.6 Å². The van der Waals surface area contributed by atoms with Crippen LogP contribution in [0.25, 0.3) is 16.9 Å². The van der Waals surface area contributed by atoms with Crippen LogP contribution in [-0.4, -0.2) is 26.4 Å². The number of primary amides is 1. The summed E-state index contributed by atoms with van der Waals surface area (Å²) in [6.07, 6.45) is -2.42. The summed E-state index contributed by atoms with van der Waals surface area (Å²) in [5.41, 5.74) is 6.01. The summed E-state index contributed by atoms with van der Waals surface area (Å²) in [6, 6.07) is 10.5. The topological polar surface area (TPSA) is 102 Å². The van der Waals surface area contributed by atoms with E-state index in [-0.39, 0.29) is 33.0 Å². The quantitative estimate of drug-likeness (QED) is 0.332. The van der Waals surface area contributed by atoms with Crippen LogP contribution in [0.4, 0.5) is 18.2 Å². The van der Waals surface area contributed by atoms with Gasteiger partial charge < -0.3 is 11.1 Å². The highest BCUT2D eigenvalue weighted by Gasteiger charge is 2.36. The van der Waals surface area contributed by atoms with Crippen LogP contribution in [0.2, 0.25) is 0 Å². The fourth-order valence-corrected chi connectivity index (χ4v) is 6.21. The van der Waals surface area contributed by atoms with Gasteiger partial charge in [0.05, 0.1) is 11.3 Å². The zero-order valence-electron chi connectivity index (χ0n) is 21.0. The summed E-state index contributed by atoms with van der Waals surface area (Å²) < 4.78 is 42.4. The number of halogens is 3. The molecule has 1 aliphatic rings. The van der Waals surface area contributed by atoms with Crippen LogP contribution in [0.1, 0.15) is 64.2 Å². The molecule has 0 radical (unpaired) electrons. The molecule has 198 valence electrons. The highest BCUT2D eigenvalue weighted by atomic mass is 32.1. The molecule has 0 fully saturated rings. The summed E-state index contributed by atoms with van der Waals surface area (Å²) >= 11 is 1.28. The van der Waals surface area contributed by atoms with Crippen LogP contribution >= 0.6 is 11.3 Å². The Bertz CT molecular complexity index is 1550. The number of anilines is 1. The number of carbonyl (C=O) groups excluding carboxylic acids is 2. The van der Waals surface area contributed by atoms with E-state index >= 15 is 0 Å². The number of rotatable bonds is 4. The molecule has 0 bridgehead atoms. The highest BCUT2D eigenvalue weighted by Crippen LogP contribution is 2.44. The third-order valence-corrected chi connectivity index (χ3v) is 8.15. The van der Waals surface area contributed by atoms with Crippen molar-refractivity contribution in [2.45, 2.75) is 46.2 Å². The minimum Gasteiger partial charge on any atom is -0.365 e. The Morgan fingerprint density at radius 2 is 1.84 bits per heavy atom. The van der Waals surface area contributed by atoms with E-state index in [2.05, 4.69) is 36.2 Å². The summed E-state index contributed by atoms with van der Waals surface area (Å²) in [6.45, 7) is 6.51. The first-order chi connectivity index (χ1) is 17.8. The first-order valence-electron chi connectivity index (χ1n) is 12.1. The lowest BCUT2D eigenvalue weighted by molar-refractivity contribution is -0.142. The molecule has 0 spiro atoms. The maximum absolute atomic E-state index is 13.9. The van der Waals surface area contributed by atoms with Crippen molar-refractivity contribution in [3.8, 4) is 11.3 Å². The molecule has 5 rings (SSSR count). The number of aromatic nitrogens is 3. The van der Waals surface area contributed by atoms with Crippen LogP contribution in [0.3, 0.4) is 0 Å². The van der Waals surface area contributed by atoms with Gasteiger partial charge in [0.25, 0.3) is 11.8 Å². The molecule has 4 aromatic rings. The Hall–Kier alpha value is -3.73. The van der Waals surface area contributed by atoms with Crippen molar-refractivity contribution >= 4 is 33.8 Å². The van der Waals surface area contributed by atoms with E-state index in [1.54, 1.807) is 30.3 Å². The van der Waals surface area contributed by atoms with Gasteiger partial charge >= 0.3 is 6.18 Å². The van der Waals surface area contributed by atoms with E-state index in [0.29, 0.717) is 22.4 Å². The zero-order chi connectivity index (χ0) is 27.4. The molecule has 0 unspecified atom stereocenters. The van der Waals surface area contributed by atoms with Crippen LogP contribution in [0.15, 0.2) is 42.5 Å². The van der Waals surface area contributed by atoms with Crippen molar-refractivity contribution in [1.29, 1.82) is 0 Å².